The van der Waals surface area contributed by atoms with E-state index in [1.165, 1.54) is 0 Å². The van der Waals surface area contributed by atoms with Crippen LogP contribution in [0.2, 0.25) is 0 Å². The first-order valence-electron chi connectivity index (χ1n) is 5.26. The molecule has 0 amide bonds. The maximum absolute atomic E-state index is 11.2. The predicted octanol–water partition coefficient (Wildman–Crippen LogP) is 0.0883. The van der Waals surface area contributed by atoms with Crippen LogP contribution in [0.1, 0.15) is 13.3 Å². The molecule has 0 radical (unpaired) electrons. The number of hydrogen-bond acceptors (Lipinski definition) is 6. The molecule has 0 aromatic carbocycles. The van der Waals surface area contributed by atoms with Gasteiger partial charge in [-0.25, -0.2) is 0 Å². The number of tetrazole rings is 1. The number of anilines is 1. The molecule has 2 unspecified atom stereocenters. The molecule has 0 bridgehead atoms. The van der Waals surface area contributed by atoms with Crippen LogP contribution in [0.25, 0.3) is 5.65 Å². The summed E-state index contributed by atoms with van der Waals surface area (Å²) in [5.41, 5.74) is 0.599. The van der Waals surface area contributed by atoms with Crippen molar-refractivity contribution in [2.45, 2.75) is 18.6 Å². The van der Waals surface area contributed by atoms with Crippen LogP contribution in [-0.2, 0) is 10.8 Å². The second-order valence-corrected chi connectivity index (χ2v) is 5.57. The van der Waals surface area contributed by atoms with Crippen molar-refractivity contribution in [1.29, 1.82) is 0 Å². The smallest absolute Gasteiger partial charge is 0.199 e. The molecule has 0 saturated heterocycles. The molecular formula is C9H14N6OS. The fraction of sp³-hybridized carbons (Fsp3) is 0.556. The number of fused-ring (bicyclic) bond motifs is 1. The van der Waals surface area contributed by atoms with Crippen LogP contribution in [0, 0.1) is 0 Å². The average molecular weight is 254 g/mol. The summed E-state index contributed by atoms with van der Waals surface area (Å²) >= 11 is 0. The molecule has 1 N–H and O–H groups in total. The van der Waals surface area contributed by atoms with Crippen LogP contribution in [0.15, 0.2) is 12.4 Å². The fourth-order valence-electron chi connectivity index (χ4n) is 1.37. The number of nitrogens with zero attached hydrogens (tertiary/aromatic N) is 5. The molecule has 0 saturated carbocycles. The van der Waals surface area contributed by atoms with Crippen LogP contribution in [-0.4, -0.2) is 47.3 Å². The SMILES string of the molecule is CC(CCNc1cncc2nnnn12)S(C)=O. The van der Waals surface area contributed by atoms with Crippen molar-refractivity contribution in [1.82, 2.24) is 25.0 Å². The molecule has 2 atom stereocenters. The Labute approximate surface area is 101 Å². The first-order valence-corrected chi connectivity index (χ1v) is 6.89. The van der Waals surface area contributed by atoms with Gasteiger partial charge in [-0.15, -0.1) is 5.10 Å². The Hall–Kier alpha value is -1.57. The lowest BCUT2D eigenvalue weighted by molar-refractivity contribution is 0.672. The molecule has 0 aliphatic rings. The molecule has 2 aromatic heterocycles. The summed E-state index contributed by atoms with van der Waals surface area (Å²) in [5, 5.41) is 14.6. The van der Waals surface area contributed by atoms with Gasteiger partial charge in [0.15, 0.2) is 5.65 Å². The molecule has 0 spiro atoms. The Kier molecular flexibility index (Phi) is 3.62. The van der Waals surface area contributed by atoms with E-state index in [1.807, 2.05) is 6.92 Å². The van der Waals surface area contributed by atoms with Crippen molar-refractivity contribution in [3.05, 3.63) is 12.4 Å². The Bertz CT molecular complexity index is 527. The number of rotatable bonds is 5. The Balaban J connectivity index is 1.99. The largest absolute Gasteiger partial charge is 0.369 e. The summed E-state index contributed by atoms with van der Waals surface area (Å²) in [7, 11) is -0.790. The summed E-state index contributed by atoms with van der Waals surface area (Å²) in [6, 6.07) is 0. The summed E-state index contributed by atoms with van der Waals surface area (Å²) in [6.07, 6.45) is 5.79. The minimum atomic E-state index is -0.790. The molecule has 0 aliphatic carbocycles. The normalized spacial score (nSPS) is 14.7. The van der Waals surface area contributed by atoms with Gasteiger partial charge in [-0.1, -0.05) is 6.92 Å². The Morgan fingerprint density at radius 3 is 3.12 bits per heavy atom. The fourth-order valence-corrected chi connectivity index (χ4v) is 1.82. The molecule has 2 aromatic rings. The third-order valence-corrected chi connectivity index (χ3v) is 3.90. The summed E-state index contributed by atoms with van der Waals surface area (Å²) in [4.78, 5) is 4.03. The highest BCUT2D eigenvalue weighted by atomic mass is 32.2. The second-order valence-electron chi connectivity index (χ2n) is 3.77. The van der Waals surface area contributed by atoms with Crippen molar-refractivity contribution in [2.75, 3.05) is 18.1 Å². The van der Waals surface area contributed by atoms with Gasteiger partial charge in [0.25, 0.3) is 0 Å². The minimum absolute atomic E-state index is 0.170. The highest BCUT2D eigenvalue weighted by Gasteiger charge is 2.07. The first kappa shape index (κ1) is 11.9. The summed E-state index contributed by atoms with van der Waals surface area (Å²) < 4.78 is 12.8. The molecule has 7 nitrogen and oxygen atoms in total. The van der Waals surface area contributed by atoms with Crippen LogP contribution < -0.4 is 5.32 Å². The van der Waals surface area contributed by atoms with E-state index < -0.39 is 10.8 Å². The van der Waals surface area contributed by atoms with E-state index in [-0.39, 0.29) is 5.25 Å². The van der Waals surface area contributed by atoms with Crippen LogP contribution in [0.5, 0.6) is 0 Å². The number of hydrogen-bond donors (Lipinski definition) is 1. The lowest BCUT2D eigenvalue weighted by Gasteiger charge is -2.10. The van der Waals surface area contributed by atoms with Crippen molar-refractivity contribution in [3.8, 4) is 0 Å². The molecule has 0 fully saturated rings. The zero-order chi connectivity index (χ0) is 12.3. The van der Waals surface area contributed by atoms with Gasteiger partial charge in [0, 0.05) is 28.9 Å². The molecular weight excluding hydrogens is 240 g/mol. The Morgan fingerprint density at radius 2 is 2.35 bits per heavy atom. The van der Waals surface area contributed by atoms with Gasteiger partial charge in [-0.2, -0.15) is 4.52 Å². The number of nitrogens with one attached hydrogen (secondary N) is 1. The molecule has 2 heterocycles. The zero-order valence-electron chi connectivity index (χ0n) is 9.70. The summed E-state index contributed by atoms with van der Waals surface area (Å²) in [6.45, 7) is 2.68. The van der Waals surface area contributed by atoms with Gasteiger partial charge in [0.1, 0.15) is 5.82 Å². The van der Waals surface area contributed by atoms with E-state index >= 15 is 0 Å². The average Bonchev–Trinajstić information content (AvgIpc) is 2.77. The van der Waals surface area contributed by atoms with Gasteiger partial charge >= 0.3 is 0 Å². The minimum Gasteiger partial charge on any atom is -0.369 e. The third-order valence-electron chi connectivity index (χ3n) is 2.53. The lowest BCUT2D eigenvalue weighted by atomic mass is 10.3. The maximum Gasteiger partial charge on any atom is 0.199 e. The second kappa shape index (κ2) is 5.17. The molecule has 92 valence electrons. The van der Waals surface area contributed by atoms with E-state index in [4.69, 9.17) is 0 Å². The van der Waals surface area contributed by atoms with E-state index in [9.17, 15) is 4.21 Å². The number of aromatic nitrogens is 5. The van der Waals surface area contributed by atoms with E-state index in [0.717, 1.165) is 12.2 Å². The van der Waals surface area contributed by atoms with Crippen molar-refractivity contribution < 1.29 is 4.21 Å². The molecule has 8 heteroatoms. The molecule has 17 heavy (non-hydrogen) atoms. The van der Waals surface area contributed by atoms with Gasteiger partial charge in [-0.05, 0) is 16.8 Å². The van der Waals surface area contributed by atoms with Crippen molar-refractivity contribution >= 4 is 22.3 Å². The zero-order valence-corrected chi connectivity index (χ0v) is 10.5. The van der Waals surface area contributed by atoms with Gasteiger partial charge in [0.2, 0.25) is 0 Å². The van der Waals surface area contributed by atoms with Gasteiger partial charge < -0.3 is 5.32 Å². The quantitative estimate of drug-likeness (QED) is 0.814. The maximum atomic E-state index is 11.2. The highest BCUT2D eigenvalue weighted by Crippen LogP contribution is 2.06. The van der Waals surface area contributed by atoms with Crippen LogP contribution >= 0.6 is 0 Å². The standard InChI is InChI=1S/C9H14N6OS/c1-7(17(2)16)3-4-11-8-5-10-6-9-12-13-14-15(8)9/h5-7,11H,3-4H2,1-2H3. The first-order chi connectivity index (χ1) is 8.18. The van der Waals surface area contributed by atoms with Crippen molar-refractivity contribution in [3.63, 3.8) is 0 Å². The molecule has 2 rings (SSSR count). The van der Waals surface area contributed by atoms with E-state index in [2.05, 4.69) is 25.8 Å². The summed E-state index contributed by atoms with van der Waals surface area (Å²) in [5.74, 6) is 0.738. The highest BCUT2D eigenvalue weighted by molar-refractivity contribution is 7.84. The van der Waals surface area contributed by atoms with Crippen molar-refractivity contribution in [2.24, 2.45) is 0 Å². The van der Waals surface area contributed by atoms with Gasteiger partial charge in [0.05, 0.1) is 12.4 Å². The van der Waals surface area contributed by atoms with E-state index in [0.29, 0.717) is 12.2 Å². The monoisotopic (exact) mass is 254 g/mol. The van der Waals surface area contributed by atoms with Crippen LogP contribution in [0.4, 0.5) is 5.82 Å². The molecule has 0 aliphatic heterocycles. The van der Waals surface area contributed by atoms with Crippen LogP contribution in [0.3, 0.4) is 0 Å². The van der Waals surface area contributed by atoms with Gasteiger partial charge in [-0.3, -0.25) is 9.19 Å². The third kappa shape index (κ3) is 2.76. The predicted molar refractivity (Wildman–Crippen MR) is 65.2 cm³/mol. The topological polar surface area (TPSA) is 85.1 Å². The Morgan fingerprint density at radius 1 is 1.53 bits per heavy atom. The lowest BCUT2D eigenvalue weighted by Crippen LogP contribution is -2.16. The van der Waals surface area contributed by atoms with E-state index in [1.54, 1.807) is 23.2 Å².